The standard InChI is InChI=1S/C16H20N2O8/c1-8(19)24-7-11-6-12(18-5-4-13(22)17-16(18)23)15(26-10(3)21)14(11)25-9(2)20/h4-5,11-12,14-15H,6-7H2,1-3H3,(H,17,22,23)/t11-,12-,14+,15?/m1/s1. The minimum atomic E-state index is -0.972. The molecule has 1 unspecified atom stereocenters. The molecule has 0 aromatic carbocycles. The van der Waals surface area contributed by atoms with Gasteiger partial charge in [-0.25, -0.2) is 4.79 Å². The molecule has 0 radical (unpaired) electrons. The van der Waals surface area contributed by atoms with Gasteiger partial charge >= 0.3 is 23.6 Å². The topological polar surface area (TPSA) is 134 Å². The minimum absolute atomic E-state index is 0.0698. The zero-order valence-electron chi connectivity index (χ0n) is 14.6. The van der Waals surface area contributed by atoms with Crippen LogP contribution in [0, 0.1) is 5.92 Å². The maximum Gasteiger partial charge on any atom is 0.328 e. The van der Waals surface area contributed by atoms with Gasteiger partial charge in [0.25, 0.3) is 5.56 Å². The third kappa shape index (κ3) is 4.58. The largest absolute Gasteiger partial charge is 0.465 e. The van der Waals surface area contributed by atoms with Crippen LogP contribution in [0.2, 0.25) is 0 Å². The number of rotatable bonds is 5. The SMILES string of the molecule is CC(=O)OC[C@H]1C[C@@H](n2ccc(=O)[nH]c2=O)C(OC(C)=O)[C@H]1OC(C)=O. The van der Waals surface area contributed by atoms with Crippen LogP contribution in [0.4, 0.5) is 0 Å². The minimum Gasteiger partial charge on any atom is -0.465 e. The summed E-state index contributed by atoms with van der Waals surface area (Å²) >= 11 is 0. The Balaban J connectivity index is 2.41. The lowest BCUT2D eigenvalue weighted by molar-refractivity contribution is -0.168. The lowest BCUT2D eigenvalue weighted by Crippen LogP contribution is -2.41. The summed E-state index contributed by atoms with van der Waals surface area (Å²) < 4.78 is 16.8. The fourth-order valence-corrected chi connectivity index (χ4v) is 3.11. The Morgan fingerprint density at radius 3 is 2.23 bits per heavy atom. The highest BCUT2D eigenvalue weighted by Gasteiger charge is 2.49. The van der Waals surface area contributed by atoms with Crippen molar-refractivity contribution < 1.29 is 28.6 Å². The van der Waals surface area contributed by atoms with Crippen LogP contribution in [0.15, 0.2) is 21.9 Å². The van der Waals surface area contributed by atoms with Gasteiger partial charge in [-0.15, -0.1) is 0 Å². The van der Waals surface area contributed by atoms with Crippen molar-refractivity contribution in [3.63, 3.8) is 0 Å². The number of esters is 3. The second kappa shape index (κ2) is 7.98. The molecule has 4 atom stereocenters. The number of ether oxygens (including phenoxy) is 3. The number of aromatic nitrogens is 2. The van der Waals surface area contributed by atoms with Crippen molar-refractivity contribution in [3.05, 3.63) is 33.1 Å². The van der Waals surface area contributed by atoms with Gasteiger partial charge in [-0.05, 0) is 6.42 Å². The van der Waals surface area contributed by atoms with Crippen LogP contribution in [0.1, 0.15) is 33.2 Å². The predicted octanol–water partition coefficient (Wildman–Crippen LogP) is -0.476. The number of aromatic amines is 1. The molecule has 0 amide bonds. The first-order valence-electron chi connectivity index (χ1n) is 7.98. The zero-order chi connectivity index (χ0) is 19.4. The Bertz CT molecular complexity index is 811. The third-order valence-electron chi connectivity index (χ3n) is 4.03. The van der Waals surface area contributed by atoms with Gasteiger partial charge in [0, 0.05) is 39.0 Å². The van der Waals surface area contributed by atoms with Gasteiger partial charge in [0.15, 0.2) is 6.10 Å². The smallest absolute Gasteiger partial charge is 0.328 e. The number of carbonyl (C=O) groups is 3. The molecule has 10 nitrogen and oxygen atoms in total. The van der Waals surface area contributed by atoms with Crippen molar-refractivity contribution in [3.8, 4) is 0 Å². The highest BCUT2D eigenvalue weighted by molar-refractivity contribution is 5.68. The van der Waals surface area contributed by atoms with E-state index in [1.165, 1.54) is 31.5 Å². The molecule has 1 aromatic heterocycles. The van der Waals surface area contributed by atoms with Gasteiger partial charge in [0.05, 0.1) is 12.6 Å². The molecule has 1 aliphatic rings. The summed E-state index contributed by atoms with van der Waals surface area (Å²) in [6, 6.07) is 0.458. The van der Waals surface area contributed by atoms with E-state index in [0.29, 0.717) is 0 Å². The number of hydrogen-bond donors (Lipinski definition) is 1. The van der Waals surface area contributed by atoms with Crippen molar-refractivity contribution in [2.75, 3.05) is 6.61 Å². The first-order chi connectivity index (χ1) is 12.2. The number of nitrogens with zero attached hydrogens (tertiary/aromatic N) is 1. The van der Waals surface area contributed by atoms with E-state index in [1.54, 1.807) is 0 Å². The fraction of sp³-hybridized carbons (Fsp3) is 0.562. The van der Waals surface area contributed by atoms with E-state index < -0.39 is 53.3 Å². The average Bonchev–Trinajstić information content (AvgIpc) is 2.82. The van der Waals surface area contributed by atoms with E-state index in [9.17, 15) is 24.0 Å². The number of carbonyl (C=O) groups excluding carboxylic acids is 3. The van der Waals surface area contributed by atoms with E-state index in [0.717, 1.165) is 6.07 Å². The Kier molecular flexibility index (Phi) is 5.96. The van der Waals surface area contributed by atoms with Crippen LogP contribution < -0.4 is 11.2 Å². The van der Waals surface area contributed by atoms with Gasteiger partial charge < -0.3 is 14.2 Å². The maximum atomic E-state index is 12.1. The summed E-state index contributed by atoms with van der Waals surface area (Å²) in [5, 5.41) is 0. The predicted molar refractivity (Wildman–Crippen MR) is 86.2 cm³/mol. The molecule has 1 saturated carbocycles. The molecule has 26 heavy (non-hydrogen) atoms. The van der Waals surface area contributed by atoms with Crippen molar-refractivity contribution in [1.29, 1.82) is 0 Å². The van der Waals surface area contributed by atoms with E-state index in [-0.39, 0.29) is 13.0 Å². The van der Waals surface area contributed by atoms with Crippen LogP contribution in [-0.2, 0) is 28.6 Å². The van der Waals surface area contributed by atoms with Crippen LogP contribution in [0.3, 0.4) is 0 Å². The molecule has 142 valence electrons. The maximum absolute atomic E-state index is 12.1. The van der Waals surface area contributed by atoms with Crippen molar-refractivity contribution in [2.24, 2.45) is 5.92 Å². The normalized spacial score (nSPS) is 24.7. The summed E-state index contributed by atoms with van der Waals surface area (Å²) in [5.41, 5.74) is -1.25. The summed E-state index contributed by atoms with van der Waals surface area (Å²) in [7, 11) is 0. The van der Waals surface area contributed by atoms with Crippen molar-refractivity contribution >= 4 is 17.9 Å². The third-order valence-corrected chi connectivity index (χ3v) is 4.03. The highest BCUT2D eigenvalue weighted by atomic mass is 16.6. The molecular formula is C16H20N2O8. The Labute approximate surface area is 148 Å². The molecular weight excluding hydrogens is 348 g/mol. The van der Waals surface area contributed by atoms with Crippen LogP contribution >= 0.6 is 0 Å². The molecule has 0 bridgehead atoms. The van der Waals surface area contributed by atoms with Crippen molar-refractivity contribution in [2.45, 2.75) is 45.4 Å². The molecule has 1 N–H and O–H groups in total. The van der Waals surface area contributed by atoms with E-state index in [1.807, 2.05) is 0 Å². The number of H-pyrrole nitrogens is 1. The first-order valence-corrected chi connectivity index (χ1v) is 7.98. The molecule has 1 aliphatic carbocycles. The van der Waals surface area contributed by atoms with Gasteiger partial charge in [-0.1, -0.05) is 0 Å². The van der Waals surface area contributed by atoms with Gasteiger partial charge in [0.2, 0.25) is 0 Å². The number of nitrogens with one attached hydrogen (secondary N) is 1. The van der Waals surface area contributed by atoms with Gasteiger partial charge in [-0.2, -0.15) is 0 Å². The molecule has 10 heteroatoms. The van der Waals surface area contributed by atoms with E-state index in [2.05, 4.69) is 4.98 Å². The molecule has 1 aromatic rings. The van der Waals surface area contributed by atoms with Gasteiger partial charge in [0.1, 0.15) is 6.10 Å². The van der Waals surface area contributed by atoms with E-state index >= 15 is 0 Å². The lowest BCUT2D eigenvalue weighted by atomic mass is 10.1. The second-order valence-corrected chi connectivity index (χ2v) is 6.03. The summed E-state index contributed by atoms with van der Waals surface area (Å²) in [5.74, 6) is -2.23. The molecule has 0 aliphatic heterocycles. The number of hydrogen-bond acceptors (Lipinski definition) is 8. The fourth-order valence-electron chi connectivity index (χ4n) is 3.11. The van der Waals surface area contributed by atoms with Crippen LogP contribution in [0.25, 0.3) is 0 Å². The highest BCUT2D eigenvalue weighted by Crippen LogP contribution is 2.39. The molecule has 1 heterocycles. The molecule has 2 rings (SSSR count). The lowest BCUT2D eigenvalue weighted by Gasteiger charge is -2.26. The van der Waals surface area contributed by atoms with E-state index in [4.69, 9.17) is 14.2 Å². The van der Waals surface area contributed by atoms with Gasteiger partial charge in [-0.3, -0.25) is 28.7 Å². The zero-order valence-corrected chi connectivity index (χ0v) is 14.6. The second-order valence-electron chi connectivity index (χ2n) is 6.03. The summed E-state index contributed by atoms with van der Waals surface area (Å²) in [6.07, 6.45) is -0.364. The molecule has 1 fully saturated rings. The quantitative estimate of drug-likeness (QED) is 0.544. The summed E-state index contributed by atoms with van der Waals surface area (Å²) in [6.45, 7) is 3.56. The molecule has 0 spiro atoms. The summed E-state index contributed by atoms with van der Waals surface area (Å²) in [4.78, 5) is 59.7. The van der Waals surface area contributed by atoms with Crippen LogP contribution in [0.5, 0.6) is 0 Å². The Morgan fingerprint density at radius 1 is 1.08 bits per heavy atom. The Morgan fingerprint density at radius 2 is 1.69 bits per heavy atom. The molecule has 0 saturated heterocycles. The first kappa shape index (κ1) is 19.4. The Hall–Kier alpha value is -2.91. The average molecular weight is 368 g/mol. The monoisotopic (exact) mass is 368 g/mol. The van der Waals surface area contributed by atoms with Crippen molar-refractivity contribution in [1.82, 2.24) is 9.55 Å². The van der Waals surface area contributed by atoms with Crippen LogP contribution in [-0.4, -0.2) is 46.3 Å².